The van der Waals surface area contributed by atoms with Gasteiger partial charge in [0.05, 0.1) is 0 Å². The van der Waals surface area contributed by atoms with Gasteiger partial charge in [0.25, 0.3) is 0 Å². The summed E-state index contributed by atoms with van der Waals surface area (Å²) in [5.41, 5.74) is 4.57. The van der Waals surface area contributed by atoms with E-state index in [1.54, 1.807) is 0 Å². The number of hydrogen-bond acceptors (Lipinski definition) is 5. The first kappa shape index (κ1) is 23.2. The minimum atomic E-state index is -0.0216. The molecule has 1 fully saturated rings. The molecule has 1 N–H and O–H groups in total. The average Bonchev–Trinajstić information content (AvgIpc) is 3.28. The highest BCUT2D eigenvalue weighted by Gasteiger charge is 2.25. The molecule has 0 bridgehead atoms. The van der Waals surface area contributed by atoms with Crippen molar-refractivity contribution < 1.29 is 4.79 Å². The number of urea groups is 1. The predicted molar refractivity (Wildman–Crippen MR) is 137 cm³/mol. The van der Waals surface area contributed by atoms with Crippen LogP contribution in [0.2, 0.25) is 0 Å². The van der Waals surface area contributed by atoms with Crippen LogP contribution in [0.15, 0.2) is 48.5 Å². The molecule has 0 spiro atoms. The summed E-state index contributed by atoms with van der Waals surface area (Å²) in [6.07, 6.45) is 0.743. The van der Waals surface area contributed by atoms with Crippen LogP contribution >= 0.6 is 11.5 Å². The molecule has 0 unspecified atom stereocenters. The van der Waals surface area contributed by atoms with E-state index in [1.165, 1.54) is 28.2 Å². The Balaban J connectivity index is 1.38. The third-order valence-electron chi connectivity index (χ3n) is 6.10. The third-order valence-corrected chi connectivity index (χ3v) is 6.92. The second-order valence-electron chi connectivity index (χ2n) is 9.18. The van der Waals surface area contributed by atoms with Crippen LogP contribution in [0.1, 0.15) is 62.0 Å². The highest BCUT2D eigenvalue weighted by Crippen LogP contribution is 2.32. The monoisotopic (exact) mass is 463 g/mol. The third kappa shape index (κ3) is 5.53. The quantitative estimate of drug-likeness (QED) is 0.507. The van der Waals surface area contributed by atoms with E-state index in [0.29, 0.717) is 24.9 Å². The Kier molecular flexibility index (Phi) is 7.28. The minimum Gasteiger partial charge on any atom is -0.343 e. The molecule has 6 nitrogen and oxygen atoms in total. The Morgan fingerprint density at radius 2 is 1.58 bits per heavy atom. The molecule has 2 heterocycles. The number of amides is 2. The number of nitrogens with one attached hydrogen (secondary N) is 1. The van der Waals surface area contributed by atoms with Crippen molar-refractivity contribution in [2.24, 2.45) is 0 Å². The molecule has 3 aromatic rings. The fourth-order valence-corrected chi connectivity index (χ4v) is 4.94. The van der Waals surface area contributed by atoms with Gasteiger partial charge in [-0.25, -0.2) is 9.78 Å². The molecule has 0 radical (unpaired) electrons. The van der Waals surface area contributed by atoms with Crippen LogP contribution in [0.5, 0.6) is 0 Å². The molecule has 1 aromatic heterocycles. The van der Waals surface area contributed by atoms with Crippen molar-refractivity contribution >= 4 is 28.4 Å². The number of aromatic nitrogens is 2. The van der Waals surface area contributed by atoms with E-state index < -0.39 is 0 Å². The first-order valence-electron chi connectivity index (χ1n) is 11.7. The maximum Gasteiger partial charge on any atom is 0.321 e. The van der Waals surface area contributed by atoms with E-state index in [4.69, 9.17) is 4.98 Å². The Labute approximate surface area is 200 Å². The van der Waals surface area contributed by atoms with E-state index >= 15 is 0 Å². The van der Waals surface area contributed by atoms with Gasteiger partial charge in [0.2, 0.25) is 5.13 Å². The van der Waals surface area contributed by atoms with E-state index in [9.17, 15) is 4.79 Å². The van der Waals surface area contributed by atoms with E-state index in [2.05, 4.69) is 72.6 Å². The zero-order chi connectivity index (χ0) is 23.4. The van der Waals surface area contributed by atoms with E-state index in [1.807, 2.05) is 23.1 Å². The fraction of sp³-hybridized carbons (Fsp3) is 0.423. The molecule has 1 aliphatic rings. The van der Waals surface area contributed by atoms with Gasteiger partial charge in [-0.05, 0) is 28.5 Å². The molecular weight excluding hydrogens is 430 g/mol. The van der Waals surface area contributed by atoms with Gasteiger partial charge in [-0.1, -0.05) is 76.2 Å². The summed E-state index contributed by atoms with van der Waals surface area (Å²) in [7, 11) is 0. The molecule has 0 saturated carbocycles. The smallest absolute Gasteiger partial charge is 0.321 e. The molecule has 2 aromatic carbocycles. The Morgan fingerprint density at radius 3 is 2.18 bits per heavy atom. The topological polar surface area (TPSA) is 61.4 Å². The van der Waals surface area contributed by atoms with Crippen molar-refractivity contribution in [1.82, 2.24) is 14.3 Å². The van der Waals surface area contributed by atoms with E-state index in [0.717, 1.165) is 36.2 Å². The summed E-state index contributed by atoms with van der Waals surface area (Å²) < 4.78 is 4.54. The summed E-state index contributed by atoms with van der Waals surface area (Å²) in [4.78, 5) is 22.0. The number of para-hydroxylation sites is 1. The van der Waals surface area contributed by atoms with Crippen molar-refractivity contribution in [2.45, 2.75) is 46.0 Å². The number of rotatable bonds is 6. The van der Waals surface area contributed by atoms with Crippen LogP contribution in [0.3, 0.4) is 0 Å². The van der Waals surface area contributed by atoms with Crippen molar-refractivity contribution in [3.63, 3.8) is 0 Å². The molecule has 0 aliphatic carbocycles. The lowest BCUT2D eigenvalue weighted by Crippen LogP contribution is -2.50. The zero-order valence-corrected chi connectivity index (χ0v) is 20.7. The van der Waals surface area contributed by atoms with Crippen LogP contribution in [0, 0.1) is 0 Å². The van der Waals surface area contributed by atoms with Crippen molar-refractivity contribution in [3.8, 4) is 0 Å². The Morgan fingerprint density at radius 1 is 0.939 bits per heavy atom. The summed E-state index contributed by atoms with van der Waals surface area (Å²) in [5, 5.41) is 4.18. The van der Waals surface area contributed by atoms with Gasteiger partial charge in [0.15, 0.2) is 0 Å². The number of carbonyl (C=O) groups is 1. The largest absolute Gasteiger partial charge is 0.343 e. The van der Waals surface area contributed by atoms with Gasteiger partial charge < -0.3 is 15.1 Å². The van der Waals surface area contributed by atoms with Gasteiger partial charge in [0.1, 0.15) is 5.82 Å². The molecule has 4 rings (SSSR count). The van der Waals surface area contributed by atoms with Crippen molar-refractivity contribution in [1.29, 1.82) is 0 Å². The lowest BCUT2D eigenvalue weighted by Gasteiger charge is -2.34. The summed E-state index contributed by atoms with van der Waals surface area (Å²) in [5.74, 6) is 1.55. The summed E-state index contributed by atoms with van der Waals surface area (Å²) in [6, 6.07) is 16.6. The van der Waals surface area contributed by atoms with Crippen molar-refractivity contribution in [2.75, 3.05) is 36.4 Å². The lowest BCUT2D eigenvalue weighted by atomic mass is 9.93. The second kappa shape index (κ2) is 10.3. The maximum atomic E-state index is 13.1. The number of carbonyl (C=O) groups excluding carboxylic acids is 1. The SMILES string of the molecule is CC(C)c1cccc(C(C)C)c1NC(=O)N1CCN(c2nc(Cc3ccccc3)ns2)CC1. The highest BCUT2D eigenvalue weighted by atomic mass is 32.1. The Bertz CT molecular complexity index is 1050. The highest BCUT2D eigenvalue weighted by molar-refractivity contribution is 7.09. The van der Waals surface area contributed by atoms with Gasteiger partial charge in [-0.3, -0.25) is 0 Å². The molecule has 174 valence electrons. The number of benzene rings is 2. The zero-order valence-electron chi connectivity index (χ0n) is 19.9. The molecule has 1 saturated heterocycles. The second-order valence-corrected chi connectivity index (χ2v) is 9.91. The first-order chi connectivity index (χ1) is 15.9. The lowest BCUT2D eigenvalue weighted by molar-refractivity contribution is 0.208. The van der Waals surface area contributed by atoms with Gasteiger partial charge in [-0.2, -0.15) is 4.37 Å². The van der Waals surface area contributed by atoms with Crippen LogP contribution in [-0.4, -0.2) is 46.5 Å². The van der Waals surface area contributed by atoms with Crippen LogP contribution in [0.4, 0.5) is 15.6 Å². The molecule has 1 aliphatic heterocycles. The number of hydrogen-bond donors (Lipinski definition) is 1. The number of nitrogens with zero attached hydrogens (tertiary/aromatic N) is 4. The number of anilines is 2. The molecule has 0 atom stereocenters. The fourth-order valence-electron chi connectivity index (χ4n) is 4.21. The molecule has 33 heavy (non-hydrogen) atoms. The van der Waals surface area contributed by atoms with Gasteiger partial charge in [-0.15, -0.1) is 0 Å². The molecule has 7 heteroatoms. The van der Waals surface area contributed by atoms with E-state index in [-0.39, 0.29) is 6.03 Å². The predicted octanol–water partition coefficient (Wildman–Crippen LogP) is 5.73. The first-order valence-corrected chi connectivity index (χ1v) is 12.5. The average molecular weight is 464 g/mol. The van der Waals surface area contributed by atoms with Gasteiger partial charge >= 0.3 is 6.03 Å². The number of piperazine rings is 1. The minimum absolute atomic E-state index is 0.0216. The normalized spacial score (nSPS) is 14.2. The van der Waals surface area contributed by atoms with Crippen LogP contribution < -0.4 is 10.2 Å². The van der Waals surface area contributed by atoms with Crippen LogP contribution in [0.25, 0.3) is 0 Å². The van der Waals surface area contributed by atoms with Gasteiger partial charge in [0, 0.05) is 49.8 Å². The molecular formula is C26H33N5OS. The Hall–Kier alpha value is -2.93. The summed E-state index contributed by atoms with van der Waals surface area (Å²) >= 11 is 1.44. The van der Waals surface area contributed by atoms with Crippen molar-refractivity contribution in [3.05, 3.63) is 71.0 Å². The maximum absolute atomic E-state index is 13.1. The standard InChI is InChI=1S/C26H33N5OS/c1-18(2)21-11-8-12-22(19(3)4)24(21)28-25(32)30-13-15-31(16-14-30)26-27-23(29-33-26)17-20-9-6-5-7-10-20/h5-12,18-19H,13-17H2,1-4H3,(H,28,32). The summed E-state index contributed by atoms with van der Waals surface area (Å²) in [6.45, 7) is 11.5. The van der Waals surface area contributed by atoms with Crippen LogP contribution in [-0.2, 0) is 6.42 Å². The molecule has 2 amide bonds.